The molecule has 0 unspecified atom stereocenters. The van der Waals surface area contributed by atoms with Crippen LogP contribution >= 0.6 is 0 Å². The molecule has 0 atom stereocenters. The predicted molar refractivity (Wildman–Crippen MR) is 76.5 cm³/mol. The quantitative estimate of drug-likeness (QED) is 0.882. The van der Waals surface area contributed by atoms with Gasteiger partial charge in [-0.3, -0.25) is 0 Å². The topological polar surface area (TPSA) is 21.3 Å². The van der Waals surface area contributed by atoms with Gasteiger partial charge in [-0.05, 0) is 36.2 Å². The molecule has 2 aromatic rings. The van der Waals surface area contributed by atoms with Crippen LogP contribution < -0.4 is 10.1 Å². The maximum absolute atomic E-state index is 5.41. The molecule has 2 nitrogen and oxygen atoms in total. The van der Waals surface area contributed by atoms with E-state index in [2.05, 4.69) is 48.6 Å². The standard InChI is InChI=1S/C16H19NO/c1-12-4-9-16(18-3)14(10-12)11-13-5-7-15(17-2)8-6-13/h4-10,17H,11H2,1-3H3. The molecular weight excluding hydrogens is 222 g/mol. The fourth-order valence-corrected chi connectivity index (χ4v) is 2.05. The van der Waals surface area contributed by atoms with Gasteiger partial charge in [0.05, 0.1) is 7.11 Å². The molecule has 0 bridgehead atoms. The Balaban J connectivity index is 2.24. The van der Waals surface area contributed by atoms with E-state index in [0.717, 1.165) is 17.9 Å². The molecule has 0 aliphatic heterocycles. The van der Waals surface area contributed by atoms with Crippen molar-refractivity contribution in [2.75, 3.05) is 19.5 Å². The van der Waals surface area contributed by atoms with Crippen molar-refractivity contribution in [2.24, 2.45) is 0 Å². The van der Waals surface area contributed by atoms with Crippen molar-refractivity contribution in [3.05, 3.63) is 59.2 Å². The van der Waals surface area contributed by atoms with E-state index < -0.39 is 0 Å². The summed E-state index contributed by atoms with van der Waals surface area (Å²) in [5.41, 5.74) is 4.92. The molecule has 1 N–H and O–H groups in total. The average molecular weight is 241 g/mol. The number of ether oxygens (including phenoxy) is 1. The van der Waals surface area contributed by atoms with Crippen molar-refractivity contribution in [3.63, 3.8) is 0 Å². The molecule has 2 rings (SSSR count). The van der Waals surface area contributed by atoms with Crippen molar-refractivity contribution < 1.29 is 4.74 Å². The number of nitrogens with one attached hydrogen (secondary N) is 1. The number of rotatable bonds is 4. The first-order valence-electron chi connectivity index (χ1n) is 6.13. The van der Waals surface area contributed by atoms with Crippen molar-refractivity contribution in [1.82, 2.24) is 0 Å². The highest BCUT2D eigenvalue weighted by molar-refractivity contribution is 5.46. The molecule has 0 spiro atoms. The molecule has 0 amide bonds. The number of hydrogen-bond donors (Lipinski definition) is 1. The van der Waals surface area contributed by atoms with E-state index in [-0.39, 0.29) is 0 Å². The highest BCUT2D eigenvalue weighted by Crippen LogP contribution is 2.23. The lowest BCUT2D eigenvalue weighted by molar-refractivity contribution is 0.410. The van der Waals surface area contributed by atoms with Crippen molar-refractivity contribution in [1.29, 1.82) is 0 Å². The first kappa shape index (κ1) is 12.5. The Morgan fingerprint density at radius 2 is 1.78 bits per heavy atom. The monoisotopic (exact) mass is 241 g/mol. The maximum atomic E-state index is 5.41. The third-order valence-electron chi connectivity index (χ3n) is 3.07. The molecule has 18 heavy (non-hydrogen) atoms. The first-order chi connectivity index (χ1) is 8.72. The van der Waals surface area contributed by atoms with E-state index in [9.17, 15) is 0 Å². The van der Waals surface area contributed by atoms with Gasteiger partial charge in [0.2, 0.25) is 0 Å². The highest BCUT2D eigenvalue weighted by atomic mass is 16.5. The van der Waals surface area contributed by atoms with Crippen LogP contribution in [0.1, 0.15) is 16.7 Å². The molecule has 0 saturated carbocycles. The van der Waals surface area contributed by atoms with E-state index in [0.29, 0.717) is 0 Å². The van der Waals surface area contributed by atoms with Crippen LogP contribution in [-0.2, 0) is 6.42 Å². The fraction of sp³-hybridized carbons (Fsp3) is 0.250. The van der Waals surface area contributed by atoms with Crippen molar-refractivity contribution in [2.45, 2.75) is 13.3 Å². The van der Waals surface area contributed by atoms with Crippen LogP contribution in [0.5, 0.6) is 5.75 Å². The predicted octanol–water partition coefficient (Wildman–Crippen LogP) is 3.64. The minimum atomic E-state index is 0.898. The van der Waals surface area contributed by atoms with Crippen LogP contribution in [-0.4, -0.2) is 14.2 Å². The zero-order valence-electron chi connectivity index (χ0n) is 11.2. The first-order valence-corrected chi connectivity index (χ1v) is 6.13. The van der Waals surface area contributed by atoms with Gasteiger partial charge >= 0.3 is 0 Å². The van der Waals surface area contributed by atoms with E-state index in [1.165, 1.54) is 16.7 Å². The average Bonchev–Trinajstić information content (AvgIpc) is 2.40. The Hall–Kier alpha value is -1.96. The van der Waals surface area contributed by atoms with Gasteiger partial charge in [-0.25, -0.2) is 0 Å². The molecule has 2 aromatic carbocycles. The van der Waals surface area contributed by atoms with Gasteiger partial charge in [-0.15, -0.1) is 0 Å². The second-order valence-corrected chi connectivity index (χ2v) is 4.44. The Kier molecular flexibility index (Phi) is 3.88. The third-order valence-corrected chi connectivity index (χ3v) is 3.07. The van der Waals surface area contributed by atoms with Gasteiger partial charge < -0.3 is 10.1 Å². The minimum absolute atomic E-state index is 0.898. The van der Waals surface area contributed by atoms with E-state index >= 15 is 0 Å². The van der Waals surface area contributed by atoms with Gasteiger partial charge in [-0.2, -0.15) is 0 Å². The summed E-state index contributed by atoms with van der Waals surface area (Å²) in [6.45, 7) is 2.10. The van der Waals surface area contributed by atoms with Gasteiger partial charge in [0.15, 0.2) is 0 Å². The number of anilines is 1. The van der Waals surface area contributed by atoms with Gasteiger partial charge in [0, 0.05) is 19.2 Å². The van der Waals surface area contributed by atoms with Gasteiger partial charge in [0.1, 0.15) is 5.75 Å². The molecule has 94 valence electrons. The second-order valence-electron chi connectivity index (χ2n) is 4.44. The molecule has 0 fully saturated rings. The molecule has 0 heterocycles. The lowest BCUT2D eigenvalue weighted by Gasteiger charge is -2.10. The number of benzene rings is 2. The molecule has 0 aliphatic rings. The summed E-state index contributed by atoms with van der Waals surface area (Å²) in [5.74, 6) is 0.957. The SMILES string of the molecule is CNc1ccc(Cc2cc(C)ccc2OC)cc1. The molecule has 0 aromatic heterocycles. The number of aryl methyl sites for hydroxylation is 1. The Bertz CT molecular complexity index is 517. The number of hydrogen-bond acceptors (Lipinski definition) is 2. The minimum Gasteiger partial charge on any atom is -0.496 e. The zero-order valence-corrected chi connectivity index (χ0v) is 11.2. The van der Waals surface area contributed by atoms with Crippen LogP contribution in [0.2, 0.25) is 0 Å². The molecule has 0 radical (unpaired) electrons. The molecule has 2 heteroatoms. The van der Waals surface area contributed by atoms with Crippen LogP contribution in [0.15, 0.2) is 42.5 Å². The summed E-state index contributed by atoms with van der Waals surface area (Å²) < 4.78 is 5.41. The maximum Gasteiger partial charge on any atom is 0.122 e. The van der Waals surface area contributed by atoms with Crippen LogP contribution in [0, 0.1) is 6.92 Å². The van der Waals surface area contributed by atoms with Crippen LogP contribution in [0.4, 0.5) is 5.69 Å². The molecule has 0 aliphatic carbocycles. The summed E-state index contributed by atoms with van der Waals surface area (Å²) in [6, 6.07) is 14.8. The third kappa shape index (κ3) is 2.83. The molecular formula is C16H19NO. The second kappa shape index (κ2) is 5.58. The van der Waals surface area contributed by atoms with Crippen molar-refractivity contribution in [3.8, 4) is 5.75 Å². The summed E-state index contributed by atoms with van der Waals surface area (Å²) in [6.07, 6.45) is 0.898. The Morgan fingerprint density at radius 3 is 2.39 bits per heavy atom. The zero-order chi connectivity index (χ0) is 13.0. The lowest BCUT2D eigenvalue weighted by atomic mass is 10.0. The highest BCUT2D eigenvalue weighted by Gasteiger charge is 2.04. The Labute approximate surface area is 109 Å². The summed E-state index contributed by atoms with van der Waals surface area (Å²) in [4.78, 5) is 0. The normalized spacial score (nSPS) is 10.2. The van der Waals surface area contributed by atoms with E-state index in [4.69, 9.17) is 4.74 Å². The largest absolute Gasteiger partial charge is 0.496 e. The fourth-order valence-electron chi connectivity index (χ4n) is 2.05. The van der Waals surface area contributed by atoms with E-state index in [1.807, 2.05) is 13.1 Å². The van der Waals surface area contributed by atoms with Crippen LogP contribution in [0.25, 0.3) is 0 Å². The summed E-state index contributed by atoms with van der Waals surface area (Å²) >= 11 is 0. The van der Waals surface area contributed by atoms with Gasteiger partial charge in [-0.1, -0.05) is 29.8 Å². The number of methoxy groups -OCH3 is 1. The molecule has 0 saturated heterocycles. The van der Waals surface area contributed by atoms with E-state index in [1.54, 1.807) is 7.11 Å². The summed E-state index contributed by atoms with van der Waals surface area (Å²) in [7, 11) is 3.65. The lowest BCUT2D eigenvalue weighted by Crippen LogP contribution is -1.95. The van der Waals surface area contributed by atoms with Crippen LogP contribution in [0.3, 0.4) is 0 Å². The van der Waals surface area contributed by atoms with Crippen molar-refractivity contribution >= 4 is 5.69 Å². The van der Waals surface area contributed by atoms with Gasteiger partial charge in [0.25, 0.3) is 0 Å². The smallest absolute Gasteiger partial charge is 0.122 e. The Morgan fingerprint density at radius 1 is 1.06 bits per heavy atom. The summed E-state index contributed by atoms with van der Waals surface area (Å²) in [5, 5.41) is 3.13.